The number of fused-ring (bicyclic) bond motifs is 1. The van der Waals surface area contributed by atoms with Crippen LogP contribution in [0, 0.1) is 16.7 Å². The molecule has 0 aromatic heterocycles. The number of rotatable bonds is 1. The van der Waals surface area contributed by atoms with E-state index in [-0.39, 0.29) is 28.2 Å². The molecule has 1 heterocycles. The number of ether oxygens (including phenoxy) is 1. The van der Waals surface area contributed by atoms with E-state index in [9.17, 15) is 14.4 Å². The summed E-state index contributed by atoms with van der Waals surface area (Å²) in [5.41, 5.74) is 1.37. The van der Waals surface area contributed by atoms with Crippen molar-refractivity contribution in [2.24, 2.45) is 16.7 Å². The molecular formula is C27H30O4. The van der Waals surface area contributed by atoms with Gasteiger partial charge < -0.3 is 4.74 Å². The van der Waals surface area contributed by atoms with Crippen LogP contribution in [0.25, 0.3) is 0 Å². The van der Waals surface area contributed by atoms with E-state index in [0.29, 0.717) is 24.8 Å². The lowest BCUT2D eigenvalue weighted by Gasteiger charge is -2.43. The van der Waals surface area contributed by atoms with E-state index in [1.807, 2.05) is 24.3 Å². The Hall–Kier alpha value is -2.23. The van der Waals surface area contributed by atoms with Crippen molar-refractivity contribution in [3.05, 3.63) is 41.2 Å². The molecule has 1 aromatic rings. The van der Waals surface area contributed by atoms with Crippen molar-refractivity contribution in [1.29, 1.82) is 0 Å². The van der Waals surface area contributed by atoms with E-state index < -0.39 is 11.8 Å². The van der Waals surface area contributed by atoms with Gasteiger partial charge in [0.15, 0.2) is 5.78 Å². The number of carbonyl (C=O) groups is 3. The molecule has 0 radical (unpaired) electrons. The summed E-state index contributed by atoms with van der Waals surface area (Å²) in [5.74, 6) is 0.443. The smallest absolute Gasteiger partial charge is 0.163 e. The van der Waals surface area contributed by atoms with Crippen LogP contribution in [0.2, 0.25) is 0 Å². The van der Waals surface area contributed by atoms with Gasteiger partial charge >= 0.3 is 0 Å². The van der Waals surface area contributed by atoms with E-state index in [4.69, 9.17) is 4.74 Å². The Morgan fingerprint density at radius 2 is 1.29 bits per heavy atom. The summed E-state index contributed by atoms with van der Waals surface area (Å²) in [6, 6.07) is 7.71. The standard InChI is InChI=1S/C27H30O4/c28-18-13-26(9-3-4-10-26)14-19(29)24(18)23-17-7-1-2-8-21(17)31-22-16-27(11-5-6-12-27)15-20(30)25(22)23/h1-2,7-8,23-24H,3-6,9-16H2. The van der Waals surface area contributed by atoms with Gasteiger partial charge in [-0.15, -0.1) is 0 Å². The topological polar surface area (TPSA) is 60.4 Å². The summed E-state index contributed by atoms with van der Waals surface area (Å²) >= 11 is 0. The lowest BCUT2D eigenvalue weighted by atomic mass is 9.60. The number of para-hydroxylation sites is 1. The summed E-state index contributed by atoms with van der Waals surface area (Å²) in [6.07, 6.45) is 10.9. The normalized spacial score (nSPS) is 29.4. The van der Waals surface area contributed by atoms with E-state index >= 15 is 0 Å². The molecule has 4 aliphatic carbocycles. The van der Waals surface area contributed by atoms with Gasteiger partial charge in [0.1, 0.15) is 23.1 Å². The predicted molar refractivity (Wildman–Crippen MR) is 116 cm³/mol. The maximum atomic E-state index is 13.6. The molecule has 4 nitrogen and oxygen atoms in total. The van der Waals surface area contributed by atoms with Crippen LogP contribution in [-0.4, -0.2) is 17.3 Å². The lowest BCUT2D eigenvalue weighted by Crippen LogP contribution is -2.45. The van der Waals surface area contributed by atoms with Crippen molar-refractivity contribution in [2.45, 2.75) is 83.0 Å². The molecule has 4 heteroatoms. The van der Waals surface area contributed by atoms with E-state index in [0.717, 1.165) is 74.9 Å². The zero-order valence-corrected chi connectivity index (χ0v) is 18.1. The highest BCUT2D eigenvalue weighted by molar-refractivity contribution is 6.09. The first-order chi connectivity index (χ1) is 15.0. The van der Waals surface area contributed by atoms with Gasteiger partial charge in [-0.2, -0.15) is 0 Å². The van der Waals surface area contributed by atoms with Crippen LogP contribution in [0.4, 0.5) is 0 Å². The first-order valence-corrected chi connectivity index (χ1v) is 12.1. The molecule has 162 valence electrons. The Kier molecular flexibility index (Phi) is 4.32. The average molecular weight is 419 g/mol. The monoisotopic (exact) mass is 418 g/mol. The van der Waals surface area contributed by atoms with E-state index in [2.05, 4.69) is 0 Å². The highest BCUT2D eigenvalue weighted by Crippen LogP contribution is 2.57. The first-order valence-electron chi connectivity index (χ1n) is 12.1. The van der Waals surface area contributed by atoms with Crippen molar-refractivity contribution in [1.82, 2.24) is 0 Å². The second-order valence-corrected chi connectivity index (χ2v) is 10.9. The second-order valence-electron chi connectivity index (χ2n) is 10.9. The highest BCUT2D eigenvalue weighted by atomic mass is 16.5. The Balaban J connectivity index is 1.43. The fourth-order valence-corrected chi connectivity index (χ4v) is 7.52. The Morgan fingerprint density at radius 1 is 0.710 bits per heavy atom. The fraction of sp³-hybridized carbons (Fsp3) is 0.593. The minimum Gasteiger partial charge on any atom is -0.461 e. The number of benzene rings is 1. The molecule has 1 aromatic carbocycles. The van der Waals surface area contributed by atoms with Gasteiger partial charge in [0.05, 0.1) is 5.92 Å². The third-order valence-electron chi connectivity index (χ3n) is 8.92. The molecule has 1 atom stereocenters. The van der Waals surface area contributed by atoms with Crippen molar-refractivity contribution in [3.63, 3.8) is 0 Å². The van der Waals surface area contributed by atoms with Gasteiger partial charge in [0.25, 0.3) is 0 Å². The van der Waals surface area contributed by atoms with Crippen LogP contribution >= 0.6 is 0 Å². The first kappa shape index (κ1) is 19.5. The number of hydrogen-bond donors (Lipinski definition) is 0. The van der Waals surface area contributed by atoms with Gasteiger partial charge in [-0.3, -0.25) is 14.4 Å². The third-order valence-corrected chi connectivity index (χ3v) is 8.92. The van der Waals surface area contributed by atoms with Gasteiger partial charge in [0, 0.05) is 42.7 Å². The molecule has 0 saturated heterocycles. The van der Waals surface area contributed by atoms with Crippen LogP contribution in [0.5, 0.6) is 5.75 Å². The predicted octanol–water partition coefficient (Wildman–Crippen LogP) is 5.45. The minimum atomic E-state index is -0.733. The largest absolute Gasteiger partial charge is 0.461 e. The van der Waals surface area contributed by atoms with Crippen molar-refractivity contribution >= 4 is 17.3 Å². The molecule has 3 fully saturated rings. The molecule has 1 unspecified atom stereocenters. The van der Waals surface area contributed by atoms with Crippen LogP contribution in [-0.2, 0) is 14.4 Å². The molecule has 6 rings (SSSR count). The fourth-order valence-electron chi connectivity index (χ4n) is 7.52. The van der Waals surface area contributed by atoms with E-state index in [1.54, 1.807) is 0 Å². The number of carbonyl (C=O) groups excluding carboxylic acids is 3. The number of Topliss-reactive ketones (excluding diaryl/α,β-unsaturated/α-hetero) is 3. The molecule has 1 aliphatic heterocycles. The average Bonchev–Trinajstić information content (AvgIpc) is 3.36. The van der Waals surface area contributed by atoms with E-state index in [1.165, 1.54) is 0 Å². The van der Waals surface area contributed by atoms with Crippen LogP contribution in [0.15, 0.2) is 35.6 Å². The maximum absolute atomic E-state index is 13.6. The Labute approximate surface area is 183 Å². The van der Waals surface area contributed by atoms with Crippen molar-refractivity contribution in [2.75, 3.05) is 0 Å². The summed E-state index contributed by atoms with van der Waals surface area (Å²) in [7, 11) is 0. The molecule has 2 spiro atoms. The van der Waals surface area contributed by atoms with Crippen LogP contribution in [0.1, 0.15) is 88.5 Å². The van der Waals surface area contributed by atoms with Crippen molar-refractivity contribution in [3.8, 4) is 5.75 Å². The molecular weight excluding hydrogens is 388 g/mol. The number of allylic oxidation sites excluding steroid dienone is 2. The Morgan fingerprint density at radius 3 is 1.94 bits per heavy atom. The highest BCUT2D eigenvalue weighted by Gasteiger charge is 2.54. The maximum Gasteiger partial charge on any atom is 0.163 e. The third kappa shape index (κ3) is 2.97. The second kappa shape index (κ2) is 6.88. The molecule has 0 amide bonds. The van der Waals surface area contributed by atoms with Gasteiger partial charge in [-0.1, -0.05) is 43.9 Å². The molecule has 0 bridgehead atoms. The number of ketones is 3. The van der Waals surface area contributed by atoms with Gasteiger partial charge in [-0.25, -0.2) is 0 Å². The number of hydrogen-bond acceptors (Lipinski definition) is 4. The molecule has 5 aliphatic rings. The molecule has 3 saturated carbocycles. The lowest BCUT2D eigenvalue weighted by molar-refractivity contribution is -0.141. The van der Waals surface area contributed by atoms with Gasteiger partial charge in [-0.05, 0) is 42.6 Å². The zero-order valence-electron chi connectivity index (χ0n) is 18.1. The SMILES string of the molecule is O=C1CC2(CCCC2)CC2=C1C(C1C(=O)CC3(CCCC3)CC1=O)c1ccccc1O2. The summed E-state index contributed by atoms with van der Waals surface area (Å²) in [4.78, 5) is 40.6. The van der Waals surface area contributed by atoms with Gasteiger partial charge in [0.2, 0.25) is 0 Å². The summed E-state index contributed by atoms with van der Waals surface area (Å²) < 4.78 is 6.31. The van der Waals surface area contributed by atoms with Crippen LogP contribution in [0.3, 0.4) is 0 Å². The molecule has 31 heavy (non-hydrogen) atoms. The minimum absolute atomic E-state index is 0.0151. The quantitative estimate of drug-likeness (QED) is 0.569. The van der Waals surface area contributed by atoms with Crippen molar-refractivity contribution < 1.29 is 19.1 Å². The molecule has 0 N–H and O–H groups in total. The Bertz CT molecular complexity index is 984. The van der Waals surface area contributed by atoms with Crippen LogP contribution < -0.4 is 4.74 Å². The zero-order chi connectivity index (χ0) is 21.2. The summed E-state index contributed by atoms with van der Waals surface area (Å²) in [6.45, 7) is 0. The summed E-state index contributed by atoms with van der Waals surface area (Å²) in [5, 5.41) is 0.